The number of nitrogens with one attached hydrogen (secondary N) is 1. The third-order valence-corrected chi connectivity index (χ3v) is 4.39. The highest BCUT2D eigenvalue weighted by atomic mass is 16.5. The molecule has 138 valence electrons. The zero-order valence-electron chi connectivity index (χ0n) is 14.7. The molecule has 0 bridgehead atoms. The second-order valence-electron chi connectivity index (χ2n) is 6.22. The monoisotopic (exact) mass is 358 g/mol. The molecule has 0 aliphatic carbocycles. The minimum atomic E-state index is -0.216. The van der Waals surface area contributed by atoms with Crippen molar-refractivity contribution >= 4 is 17.5 Å². The van der Waals surface area contributed by atoms with Gasteiger partial charge in [-0.3, -0.25) is 9.59 Å². The Morgan fingerprint density at radius 3 is 3.04 bits per heavy atom. The van der Waals surface area contributed by atoms with Gasteiger partial charge in [-0.2, -0.15) is 0 Å². The second-order valence-corrected chi connectivity index (χ2v) is 6.22. The van der Waals surface area contributed by atoms with E-state index < -0.39 is 0 Å². The molecule has 1 aliphatic rings. The summed E-state index contributed by atoms with van der Waals surface area (Å²) in [5.74, 6) is -0.264. The van der Waals surface area contributed by atoms with Crippen LogP contribution in [0, 0.1) is 5.92 Å². The Morgan fingerprint density at radius 1 is 1.38 bits per heavy atom. The number of benzene rings is 1. The first-order valence-electron chi connectivity index (χ1n) is 8.58. The molecule has 1 aromatic carbocycles. The fourth-order valence-corrected chi connectivity index (χ4v) is 3.02. The summed E-state index contributed by atoms with van der Waals surface area (Å²) in [7, 11) is 1.57. The van der Waals surface area contributed by atoms with Crippen LogP contribution in [-0.4, -0.2) is 63.7 Å². The lowest BCUT2D eigenvalue weighted by Gasteiger charge is -2.32. The van der Waals surface area contributed by atoms with E-state index >= 15 is 0 Å². The van der Waals surface area contributed by atoms with E-state index in [9.17, 15) is 9.59 Å². The number of anilines is 1. The van der Waals surface area contributed by atoms with Crippen molar-refractivity contribution in [3.63, 3.8) is 0 Å². The van der Waals surface area contributed by atoms with E-state index in [4.69, 9.17) is 4.74 Å². The van der Waals surface area contributed by atoms with Gasteiger partial charge in [0.2, 0.25) is 11.8 Å². The van der Waals surface area contributed by atoms with E-state index in [1.807, 2.05) is 18.2 Å². The van der Waals surface area contributed by atoms with Crippen LogP contribution in [0.15, 0.2) is 30.6 Å². The van der Waals surface area contributed by atoms with Crippen molar-refractivity contribution in [1.29, 1.82) is 0 Å². The normalized spacial score (nSPS) is 17.1. The molecule has 1 unspecified atom stereocenters. The molecular weight excluding hydrogens is 336 g/mol. The van der Waals surface area contributed by atoms with Crippen molar-refractivity contribution in [2.75, 3.05) is 32.1 Å². The van der Waals surface area contributed by atoms with Crippen molar-refractivity contribution in [2.24, 2.45) is 5.92 Å². The van der Waals surface area contributed by atoms with Crippen LogP contribution < -0.4 is 5.32 Å². The molecule has 9 heteroatoms. The average Bonchev–Trinajstić information content (AvgIpc) is 3.21. The zero-order chi connectivity index (χ0) is 18.4. The van der Waals surface area contributed by atoms with Gasteiger partial charge in [-0.1, -0.05) is 6.07 Å². The summed E-state index contributed by atoms with van der Waals surface area (Å²) in [6.45, 7) is 1.54. The number of nitrogens with zero attached hydrogens (tertiary/aromatic N) is 5. The van der Waals surface area contributed by atoms with Gasteiger partial charge < -0.3 is 15.0 Å². The van der Waals surface area contributed by atoms with Crippen molar-refractivity contribution in [3.8, 4) is 5.69 Å². The minimum Gasteiger partial charge on any atom is -0.384 e. The summed E-state index contributed by atoms with van der Waals surface area (Å²) in [5, 5.41) is 14.0. The number of carbonyl (C=O) groups excluding carboxylic acids is 2. The van der Waals surface area contributed by atoms with Crippen LogP contribution in [-0.2, 0) is 14.3 Å². The number of tetrazole rings is 1. The van der Waals surface area contributed by atoms with Gasteiger partial charge in [0, 0.05) is 25.9 Å². The fraction of sp³-hybridized carbons (Fsp3) is 0.471. The molecule has 2 amide bonds. The molecule has 0 spiro atoms. The summed E-state index contributed by atoms with van der Waals surface area (Å²) in [6, 6.07) is 7.30. The molecule has 0 radical (unpaired) electrons. The Balaban J connectivity index is 1.61. The highest BCUT2D eigenvalue weighted by Crippen LogP contribution is 2.20. The topological polar surface area (TPSA) is 102 Å². The Labute approximate surface area is 151 Å². The molecule has 26 heavy (non-hydrogen) atoms. The van der Waals surface area contributed by atoms with Gasteiger partial charge in [0.1, 0.15) is 6.33 Å². The Bertz CT molecular complexity index is 749. The molecule has 1 aliphatic heterocycles. The maximum atomic E-state index is 12.6. The number of rotatable bonds is 6. The largest absolute Gasteiger partial charge is 0.384 e. The quantitative estimate of drug-likeness (QED) is 0.822. The highest BCUT2D eigenvalue weighted by molar-refractivity contribution is 5.93. The van der Waals surface area contributed by atoms with Crippen LogP contribution in [0.3, 0.4) is 0 Å². The number of hydrogen-bond donors (Lipinski definition) is 1. The van der Waals surface area contributed by atoms with E-state index in [0.29, 0.717) is 31.8 Å². The molecule has 2 aromatic rings. The van der Waals surface area contributed by atoms with Gasteiger partial charge in [-0.15, -0.1) is 5.10 Å². The van der Waals surface area contributed by atoms with E-state index in [-0.39, 0.29) is 17.7 Å². The third-order valence-electron chi connectivity index (χ3n) is 4.39. The first-order valence-corrected chi connectivity index (χ1v) is 8.58. The minimum absolute atomic E-state index is 0.0324. The molecule has 9 nitrogen and oxygen atoms in total. The number of carbonyl (C=O) groups is 2. The van der Waals surface area contributed by atoms with E-state index in [0.717, 1.165) is 18.5 Å². The van der Waals surface area contributed by atoms with Gasteiger partial charge in [-0.25, -0.2) is 4.68 Å². The van der Waals surface area contributed by atoms with Crippen LogP contribution in [0.4, 0.5) is 5.69 Å². The summed E-state index contributed by atoms with van der Waals surface area (Å²) in [4.78, 5) is 26.5. The first-order chi connectivity index (χ1) is 12.7. The summed E-state index contributed by atoms with van der Waals surface area (Å²) in [5.41, 5.74) is 1.43. The molecule has 0 saturated carbocycles. The summed E-state index contributed by atoms with van der Waals surface area (Å²) >= 11 is 0. The van der Waals surface area contributed by atoms with Gasteiger partial charge in [-0.05, 0) is 41.5 Å². The fourth-order valence-electron chi connectivity index (χ4n) is 3.02. The predicted molar refractivity (Wildman–Crippen MR) is 93.6 cm³/mol. The Hall–Kier alpha value is -2.81. The van der Waals surface area contributed by atoms with Gasteiger partial charge >= 0.3 is 0 Å². The number of likely N-dealkylation sites (tertiary alicyclic amines) is 1. The van der Waals surface area contributed by atoms with Crippen LogP contribution in [0.1, 0.15) is 19.3 Å². The van der Waals surface area contributed by atoms with Crippen molar-refractivity contribution < 1.29 is 14.3 Å². The summed E-state index contributed by atoms with van der Waals surface area (Å²) in [6.07, 6.45) is 3.43. The van der Waals surface area contributed by atoms with E-state index in [1.165, 1.54) is 11.0 Å². The lowest BCUT2D eigenvalue weighted by atomic mass is 9.96. The molecule has 1 N–H and O–H groups in total. The number of ether oxygens (including phenoxy) is 1. The molecule has 1 atom stereocenters. The van der Waals surface area contributed by atoms with Crippen molar-refractivity contribution in [1.82, 2.24) is 25.1 Å². The Morgan fingerprint density at radius 2 is 2.27 bits per heavy atom. The number of piperidine rings is 1. The molecular formula is C17H22N6O3. The SMILES string of the molecule is COCCC(=O)N1CCCC(C(=O)Nc2cccc(-n3cnnn3)c2)C1. The molecule has 1 saturated heterocycles. The Kier molecular flexibility index (Phi) is 5.90. The number of hydrogen-bond acceptors (Lipinski definition) is 6. The molecule has 1 aromatic heterocycles. The molecule has 2 heterocycles. The van der Waals surface area contributed by atoms with Crippen LogP contribution in [0.25, 0.3) is 5.69 Å². The number of amides is 2. The summed E-state index contributed by atoms with van der Waals surface area (Å²) < 4.78 is 6.48. The van der Waals surface area contributed by atoms with Crippen LogP contribution in [0.5, 0.6) is 0 Å². The predicted octanol–water partition coefficient (Wildman–Crippen LogP) is 0.876. The zero-order valence-corrected chi connectivity index (χ0v) is 14.7. The van der Waals surface area contributed by atoms with Gasteiger partial charge in [0.05, 0.1) is 24.6 Å². The van der Waals surface area contributed by atoms with Crippen LogP contribution in [0.2, 0.25) is 0 Å². The standard InChI is InChI=1S/C17H22N6O3/c1-26-9-7-16(24)22-8-3-4-13(11-22)17(25)19-14-5-2-6-15(10-14)23-12-18-20-21-23/h2,5-6,10,12-13H,3-4,7-9,11H2,1H3,(H,19,25). The van der Waals surface area contributed by atoms with Crippen molar-refractivity contribution in [3.05, 3.63) is 30.6 Å². The van der Waals surface area contributed by atoms with Gasteiger partial charge in [0.15, 0.2) is 0 Å². The number of aromatic nitrogens is 4. The smallest absolute Gasteiger partial charge is 0.229 e. The third kappa shape index (κ3) is 4.42. The van der Waals surface area contributed by atoms with Crippen LogP contribution >= 0.6 is 0 Å². The lowest BCUT2D eigenvalue weighted by molar-refractivity contribution is -0.135. The molecule has 3 rings (SSSR count). The van der Waals surface area contributed by atoms with E-state index in [2.05, 4.69) is 20.8 Å². The number of methoxy groups -OCH3 is 1. The lowest BCUT2D eigenvalue weighted by Crippen LogP contribution is -2.44. The average molecular weight is 358 g/mol. The molecule has 1 fully saturated rings. The maximum Gasteiger partial charge on any atom is 0.229 e. The van der Waals surface area contributed by atoms with E-state index in [1.54, 1.807) is 18.1 Å². The van der Waals surface area contributed by atoms with Crippen molar-refractivity contribution in [2.45, 2.75) is 19.3 Å². The second kappa shape index (κ2) is 8.52. The maximum absolute atomic E-state index is 12.6. The van der Waals surface area contributed by atoms with Gasteiger partial charge in [0.25, 0.3) is 0 Å². The highest BCUT2D eigenvalue weighted by Gasteiger charge is 2.28. The first kappa shape index (κ1) is 18.0.